The second-order valence-electron chi connectivity index (χ2n) is 5.34. The third-order valence-corrected chi connectivity index (χ3v) is 5.76. The zero-order chi connectivity index (χ0) is 11.8. The van der Waals surface area contributed by atoms with Gasteiger partial charge in [-0.1, -0.05) is 6.92 Å². The zero-order valence-corrected chi connectivity index (χ0v) is 10.7. The molecule has 2 fully saturated rings. The van der Waals surface area contributed by atoms with Crippen molar-refractivity contribution in [3.63, 3.8) is 0 Å². The average Bonchev–Trinajstić information content (AvgIpc) is 2.20. The van der Waals surface area contributed by atoms with Crippen LogP contribution in [0.25, 0.3) is 0 Å². The van der Waals surface area contributed by atoms with Gasteiger partial charge in [0.15, 0.2) is 9.84 Å². The summed E-state index contributed by atoms with van der Waals surface area (Å²) in [5.74, 6) is 1.22. The molecule has 0 spiro atoms. The fourth-order valence-corrected chi connectivity index (χ4v) is 4.55. The molecule has 0 aliphatic carbocycles. The first-order valence-corrected chi connectivity index (χ1v) is 8.00. The highest BCUT2D eigenvalue weighted by Gasteiger charge is 2.33. The number of rotatable bonds is 1. The lowest BCUT2D eigenvalue weighted by atomic mass is 9.93. The summed E-state index contributed by atoms with van der Waals surface area (Å²) in [7, 11) is -2.79. The number of hydrogen-bond acceptors (Lipinski definition) is 4. The van der Waals surface area contributed by atoms with E-state index in [1.165, 1.54) is 0 Å². The number of likely N-dealkylation sites (tertiary alicyclic amines) is 1. The monoisotopic (exact) mass is 246 g/mol. The molecule has 2 aliphatic rings. The number of sulfone groups is 1. The molecule has 0 amide bonds. The van der Waals surface area contributed by atoms with Crippen molar-refractivity contribution in [3.05, 3.63) is 0 Å². The summed E-state index contributed by atoms with van der Waals surface area (Å²) in [5, 5.41) is 0. The van der Waals surface area contributed by atoms with E-state index in [1.807, 2.05) is 0 Å². The highest BCUT2D eigenvalue weighted by Crippen LogP contribution is 2.23. The minimum Gasteiger partial charge on any atom is -0.327 e. The van der Waals surface area contributed by atoms with E-state index in [0.717, 1.165) is 32.4 Å². The minimum absolute atomic E-state index is 0.244. The van der Waals surface area contributed by atoms with Crippen LogP contribution in [0.2, 0.25) is 0 Å². The molecule has 2 saturated heterocycles. The normalized spacial score (nSPS) is 40.8. The number of nitrogens with two attached hydrogens (primary N) is 1. The van der Waals surface area contributed by atoms with Crippen molar-refractivity contribution in [2.45, 2.75) is 38.3 Å². The fraction of sp³-hybridized carbons (Fsp3) is 1.00. The summed E-state index contributed by atoms with van der Waals surface area (Å²) in [6, 6.07) is 0.533. The van der Waals surface area contributed by atoms with Crippen molar-refractivity contribution < 1.29 is 8.42 Å². The summed E-state index contributed by atoms with van der Waals surface area (Å²) >= 11 is 0. The van der Waals surface area contributed by atoms with Crippen LogP contribution in [0, 0.1) is 5.92 Å². The summed E-state index contributed by atoms with van der Waals surface area (Å²) in [4.78, 5) is 2.34. The van der Waals surface area contributed by atoms with Gasteiger partial charge in [-0.2, -0.15) is 0 Å². The lowest BCUT2D eigenvalue weighted by Crippen LogP contribution is -2.52. The topological polar surface area (TPSA) is 63.4 Å². The Kier molecular flexibility index (Phi) is 3.56. The quantitative estimate of drug-likeness (QED) is 0.719. The van der Waals surface area contributed by atoms with E-state index >= 15 is 0 Å². The SMILES string of the molecule is CC1CN(C2CCCS(=O)(=O)C2)CCC1N. The van der Waals surface area contributed by atoms with Crippen molar-refractivity contribution in [2.75, 3.05) is 24.6 Å². The molecular formula is C11H22N2O2S. The van der Waals surface area contributed by atoms with Gasteiger partial charge in [-0.05, 0) is 31.7 Å². The van der Waals surface area contributed by atoms with Crippen LogP contribution < -0.4 is 5.73 Å². The molecule has 0 saturated carbocycles. The van der Waals surface area contributed by atoms with Gasteiger partial charge in [0.25, 0.3) is 0 Å². The molecule has 2 rings (SSSR count). The molecular weight excluding hydrogens is 224 g/mol. The van der Waals surface area contributed by atoms with E-state index in [0.29, 0.717) is 17.4 Å². The Labute approximate surface area is 98.1 Å². The molecule has 2 N–H and O–H groups in total. The molecule has 0 aromatic carbocycles. The molecule has 3 atom stereocenters. The Morgan fingerprint density at radius 3 is 2.69 bits per heavy atom. The first-order valence-electron chi connectivity index (χ1n) is 6.18. The Hall–Kier alpha value is -0.130. The summed E-state index contributed by atoms with van der Waals surface area (Å²) in [6.07, 6.45) is 2.85. The fourth-order valence-electron chi connectivity index (χ4n) is 2.81. The average molecular weight is 246 g/mol. The Morgan fingerprint density at radius 2 is 2.06 bits per heavy atom. The predicted molar refractivity (Wildman–Crippen MR) is 65.0 cm³/mol. The van der Waals surface area contributed by atoms with E-state index in [9.17, 15) is 8.42 Å². The van der Waals surface area contributed by atoms with Crippen LogP contribution in [0.1, 0.15) is 26.2 Å². The van der Waals surface area contributed by atoms with E-state index in [4.69, 9.17) is 5.73 Å². The summed E-state index contributed by atoms with van der Waals surface area (Å²) in [6.45, 7) is 4.08. The third-order valence-electron chi connectivity index (χ3n) is 3.96. The lowest BCUT2D eigenvalue weighted by Gasteiger charge is -2.41. The van der Waals surface area contributed by atoms with Crippen LogP contribution in [0.3, 0.4) is 0 Å². The maximum absolute atomic E-state index is 11.6. The van der Waals surface area contributed by atoms with Crippen LogP contribution in [0.15, 0.2) is 0 Å². The smallest absolute Gasteiger partial charge is 0.151 e. The van der Waals surface area contributed by atoms with Gasteiger partial charge in [0, 0.05) is 18.6 Å². The van der Waals surface area contributed by atoms with E-state index in [2.05, 4.69) is 11.8 Å². The Balaban J connectivity index is 1.97. The first kappa shape index (κ1) is 12.3. The molecule has 0 aromatic heterocycles. The van der Waals surface area contributed by atoms with Gasteiger partial charge in [0.05, 0.1) is 11.5 Å². The second kappa shape index (κ2) is 4.63. The van der Waals surface area contributed by atoms with Gasteiger partial charge >= 0.3 is 0 Å². The largest absolute Gasteiger partial charge is 0.327 e. The molecule has 4 nitrogen and oxygen atoms in total. The molecule has 94 valence electrons. The number of hydrogen-bond donors (Lipinski definition) is 1. The van der Waals surface area contributed by atoms with Gasteiger partial charge < -0.3 is 5.73 Å². The summed E-state index contributed by atoms with van der Waals surface area (Å²) < 4.78 is 23.2. The highest BCUT2D eigenvalue weighted by atomic mass is 32.2. The van der Waals surface area contributed by atoms with Gasteiger partial charge in [-0.3, -0.25) is 4.90 Å². The molecule has 5 heteroatoms. The highest BCUT2D eigenvalue weighted by molar-refractivity contribution is 7.91. The van der Waals surface area contributed by atoms with Crippen molar-refractivity contribution in [1.82, 2.24) is 4.90 Å². The lowest BCUT2D eigenvalue weighted by molar-refractivity contribution is 0.118. The van der Waals surface area contributed by atoms with Crippen LogP contribution in [-0.4, -0.2) is 50.0 Å². The number of piperidine rings is 1. The molecule has 2 aliphatic heterocycles. The Morgan fingerprint density at radius 1 is 1.31 bits per heavy atom. The van der Waals surface area contributed by atoms with Crippen LogP contribution in [0.4, 0.5) is 0 Å². The second-order valence-corrected chi connectivity index (χ2v) is 7.56. The predicted octanol–water partition coefficient (Wildman–Crippen LogP) is 0.233. The maximum Gasteiger partial charge on any atom is 0.151 e. The van der Waals surface area contributed by atoms with Gasteiger partial charge in [0.1, 0.15) is 0 Å². The van der Waals surface area contributed by atoms with E-state index in [-0.39, 0.29) is 12.1 Å². The minimum atomic E-state index is -2.79. The van der Waals surface area contributed by atoms with Gasteiger partial charge in [-0.25, -0.2) is 8.42 Å². The molecule has 2 heterocycles. The molecule has 0 aromatic rings. The van der Waals surface area contributed by atoms with E-state index in [1.54, 1.807) is 0 Å². The molecule has 3 unspecified atom stereocenters. The van der Waals surface area contributed by atoms with Gasteiger partial charge in [0.2, 0.25) is 0 Å². The molecule has 0 radical (unpaired) electrons. The third kappa shape index (κ3) is 2.76. The maximum atomic E-state index is 11.6. The van der Waals surface area contributed by atoms with Crippen molar-refractivity contribution >= 4 is 9.84 Å². The summed E-state index contributed by atoms with van der Waals surface area (Å²) in [5.41, 5.74) is 5.98. The standard InChI is InChI=1S/C11H22N2O2S/c1-9-7-13(5-4-11(9)12)10-3-2-6-16(14,15)8-10/h9-11H,2-8,12H2,1H3. The van der Waals surface area contributed by atoms with Crippen LogP contribution >= 0.6 is 0 Å². The van der Waals surface area contributed by atoms with Crippen molar-refractivity contribution in [1.29, 1.82) is 0 Å². The molecule has 16 heavy (non-hydrogen) atoms. The van der Waals surface area contributed by atoms with E-state index < -0.39 is 9.84 Å². The van der Waals surface area contributed by atoms with Crippen molar-refractivity contribution in [3.8, 4) is 0 Å². The van der Waals surface area contributed by atoms with Crippen molar-refractivity contribution in [2.24, 2.45) is 11.7 Å². The van der Waals surface area contributed by atoms with Crippen LogP contribution in [-0.2, 0) is 9.84 Å². The zero-order valence-electron chi connectivity index (χ0n) is 9.93. The number of nitrogens with zero attached hydrogens (tertiary/aromatic N) is 1. The van der Waals surface area contributed by atoms with Crippen LogP contribution in [0.5, 0.6) is 0 Å². The first-order chi connectivity index (χ1) is 7.48. The Bertz CT molecular complexity index is 342. The molecule has 0 bridgehead atoms. The van der Waals surface area contributed by atoms with Gasteiger partial charge in [-0.15, -0.1) is 0 Å².